The SMILES string of the molecule is O=C(NNC(=O)c1cccc(C(=O)NNC(=O)c2ccc(Br)cc2)c1)c1ccc(Br)cc1. The third kappa shape index (κ3) is 6.25. The summed E-state index contributed by atoms with van der Waals surface area (Å²) >= 11 is 6.56. The number of hydrogen-bond acceptors (Lipinski definition) is 4. The number of hydrogen-bond donors (Lipinski definition) is 4. The molecule has 3 aromatic rings. The summed E-state index contributed by atoms with van der Waals surface area (Å²) in [5.74, 6) is -2.20. The van der Waals surface area contributed by atoms with Gasteiger partial charge in [-0.1, -0.05) is 37.9 Å². The van der Waals surface area contributed by atoms with Crippen molar-refractivity contribution < 1.29 is 19.2 Å². The summed E-state index contributed by atoms with van der Waals surface area (Å²) in [5, 5.41) is 0. The predicted molar refractivity (Wildman–Crippen MR) is 125 cm³/mol. The fourth-order valence-corrected chi connectivity index (χ4v) is 3.05. The molecule has 0 spiro atoms. The molecule has 0 heterocycles. The van der Waals surface area contributed by atoms with Gasteiger partial charge in [0.15, 0.2) is 0 Å². The third-order valence-corrected chi connectivity index (χ3v) is 5.24. The maximum absolute atomic E-state index is 12.3. The minimum atomic E-state index is -0.607. The summed E-state index contributed by atoms with van der Waals surface area (Å²) in [6, 6.07) is 19.0. The van der Waals surface area contributed by atoms with E-state index in [0.29, 0.717) is 11.1 Å². The van der Waals surface area contributed by atoms with E-state index in [9.17, 15) is 19.2 Å². The number of rotatable bonds is 4. The Morgan fingerprint density at radius 2 is 0.781 bits per heavy atom. The van der Waals surface area contributed by atoms with E-state index in [1.165, 1.54) is 24.3 Å². The molecular weight excluding hydrogens is 544 g/mol. The number of carbonyl (C=O) groups is 4. The van der Waals surface area contributed by atoms with Gasteiger partial charge in [-0.05, 0) is 66.7 Å². The van der Waals surface area contributed by atoms with Crippen LogP contribution >= 0.6 is 31.9 Å². The molecule has 0 bridgehead atoms. The molecular formula is C22H16Br2N4O4. The molecule has 32 heavy (non-hydrogen) atoms. The van der Waals surface area contributed by atoms with Crippen LogP contribution in [0.15, 0.2) is 81.7 Å². The van der Waals surface area contributed by atoms with Crippen molar-refractivity contribution in [3.63, 3.8) is 0 Å². The van der Waals surface area contributed by atoms with Crippen LogP contribution in [0.3, 0.4) is 0 Å². The largest absolute Gasteiger partial charge is 0.269 e. The number of benzene rings is 3. The summed E-state index contributed by atoms with van der Waals surface area (Å²) in [5.41, 5.74) is 10.2. The van der Waals surface area contributed by atoms with Gasteiger partial charge in [-0.25, -0.2) is 0 Å². The summed E-state index contributed by atoms with van der Waals surface area (Å²) < 4.78 is 1.64. The van der Waals surface area contributed by atoms with Crippen LogP contribution in [0.2, 0.25) is 0 Å². The Balaban J connectivity index is 1.56. The van der Waals surface area contributed by atoms with E-state index < -0.39 is 23.6 Å². The summed E-state index contributed by atoms with van der Waals surface area (Å²) in [7, 11) is 0. The van der Waals surface area contributed by atoms with Crippen LogP contribution in [0.4, 0.5) is 0 Å². The van der Waals surface area contributed by atoms with E-state index in [-0.39, 0.29) is 11.1 Å². The molecule has 162 valence electrons. The van der Waals surface area contributed by atoms with Gasteiger partial charge in [-0.15, -0.1) is 0 Å². The van der Waals surface area contributed by atoms with E-state index in [4.69, 9.17) is 0 Å². The van der Waals surface area contributed by atoms with E-state index >= 15 is 0 Å². The third-order valence-electron chi connectivity index (χ3n) is 4.18. The molecule has 0 radical (unpaired) electrons. The Hall–Kier alpha value is -3.50. The Bertz CT molecular complexity index is 1080. The standard InChI is InChI=1S/C22H16Br2N4O4/c23-17-8-4-13(5-9-17)19(29)25-27-21(31)15-2-1-3-16(12-15)22(32)28-26-20(30)14-6-10-18(24)11-7-14/h1-12H,(H,25,29)(H,26,30)(H,27,31)(H,28,32). The van der Waals surface area contributed by atoms with Gasteiger partial charge in [0.05, 0.1) is 0 Å². The van der Waals surface area contributed by atoms with Crippen molar-refractivity contribution in [3.8, 4) is 0 Å². The number of carbonyl (C=O) groups excluding carboxylic acids is 4. The van der Waals surface area contributed by atoms with Crippen LogP contribution in [0.5, 0.6) is 0 Å². The van der Waals surface area contributed by atoms with Gasteiger partial charge in [0.2, 0.25) is 0 Å². The molecule has 0 fully saturated rings. The van der Waals surface area contributed by atoms with Crippen LogP contribution in [-0.4, -0.2) is 23.6 Å². The molecule has 0 unspecified atom stereocenters. The molecule has 4 amide bonds. The van der Waals surface area contributed by atoms with Crippen LogP contribution in [0.25, 0.3) is 0 Å². The van der Waals surface area contributed by atoms with Crippen molar-refractivity contribution in [2.75, 3.05) is 0 Å². The highest BCUT2D eigenvalue weighted by molar-refractivity contribution is 9.10. The second-order valence-electron chi connectivity index (χ2n) is 6.41. The molecule has 0 saturated heterocycles. The van der Waals surface area contributed by atoms with Crippen molar-refractivity contribution in [1.29, 1.82) is 0 Å². The minimum absolute atomic E-state index is 0.146. The van der Waals surface area contributed by atoms with Crippen molar-refractivity contribution in [1.82, 2.24) is 21.7 Å². The monoisotopic (exact) mass is 558 g/mol. The lowest BCUT2D eigenvalue weighted by Gasteiger charge is -2.10. The molecule has 0 aliphatic heterocycles. The van der Waals surface area contributed by atoms with Crippen LogP contribution in [0.1, 0.15) is 41.4 Å². The lowest BCUT2D eigenvalue weighted by molar-refractivity contribution is 0.0842. The van der Waals surface area contributed by atoms with Crippen molar-refractivity contribution in [2.45, 2.75) is 0 Å². The van der Waals surface area contributed by atoms with Crippen LogP contribution in [-0.2, 0) is 0 Å². The van der Waals surface area contributed by atoms with Gasteiger partial charge in [0, 0.05) is 31.2 Å². The maximum Gasteiger partial charge on any atom is 0.269 e. The first-order valence-corrected chi connectivity index (χ1v) is 10.7. The van der Waals surface area contributed by atoms with Gasteiger partial charge >= 0.3 is 0 Å². The zero-order valence-electron chi connectivity index (χ0n) is 16.3. The minimum Gasteiger partial charge on any atom is -0.267 e. The summed E-state index contributed by atoms with van der Waals surface area (Å²) in [6.45, 7) is 0. The average molecular weight is 560 g/mol. The molecule has 0 saturated carbocycles. The summed E-state index contributed by atoms with van der Waals surface area (Å²) in [6.07, 6.45) is 0. The maximum atomic E-state index is 12.3. The van der Waals surface area contributed by atoms with Crippen LogP contribution in [0, 0.1) is 0 Å². The second kappa shape index (κ2) is 10.7. The van der Waals surface area contributed by atoms with Gasteiger partial charge < -0.3 is 0 Å². The topological polar surface area (TPSA) is 116 Å². The lowest BCUT2D eigenvalue weighted by Crippen LogP contribution is -2.42. The molecule has 0 aliphatic rings. The van der Waals surface area contributed by atoms with E-state index in [1.807, 2.05) is 0 Å². The highest BCUT2D eigenvalue weighted by atomic mass is 79.9. The first-order chi connectivity index (χ1) is 15.3. The first kappa shape index (κ1) is 23.2. The molecule has 0 aromatic heterocycles. The second-order valence-corrected chi connectivity index (χ2v) is 8.24. The Kier molecular flexibility index (Phi) is 7.74. The number of nitrogens with one attached hydrogen (secondary N) is 4. The van der Waals surface area contributed by atoms with Crippen LogP contribution < -0.4 is 21.7 Å². The zero-order valence-corrected chi connectivity index (χ0v) is 19.5. The van der Waals surface area contributed by atoms with Gasteiger partial charge in [0.25, 0.3) is 23.6 Å². The molecule has 3 rings (SSSR count). The highest BCUT2D eigenvalue weighted by Gasteiger charge is 2.13. The quantitative estimate of drug-likeness (QED) is 0.367. The predicted octanol–water partition coefficient (Wildman–Crippen LogP) is 3.36. The zero-order chi connectivity index (χ0) is 23.1. The molecule has 4 N–H and O–H groups in total. The Labute approximate surface area is 200 Å². The molecule has 0 aliphatic carbocycles. The fraction of sp³-hybridized carbons (Fsp3) is 0. The Morgan fingerprint density at radius 1 is 0.469 bits per heavy atom. The van der Waals surface area contributed by atoms with Gasteiger partial charge in [0.1, 0.15) is 0 Å². The average Bonchev–Trinajstić information content (AvgIpc) is 2.81. The lowest BCUT2D eigenvalue weighted by atomic mass is 10.1. The Morgan fingerprint density at radius 3 is 1.12 bits per heavy atom. The van der Waals surface area contributed by atoms with Crippen molar-refractivity contribution in [3.05, 3.63) is 104 Å². The van der Waals surface area contributed by atoms with E-state index in [0.717, 1.165) is 8.95 Å². The first-order valence-electron chi connectivity index (χ1n) is 9.16. The number of halogens is 2. The molecule has 3 aromatic carbocycles. The molecule has 0 atom stereocenters. The van der Waals surface area contributed by atoms with E-state index in [1.54, 1.807) is 48.5 Å². The fourth-order valence-electron chi connectivity index (χ4n) is 2.52. The van der Waals surface area contributed by atoms with Crippen molar-refractivity contribution in [2.24, 2.45) is 0 Å². The number of hydrazine groups is 2. The number of amides is 4. The smallest absolute Gasteiger partial charge is 0.267 e. The van der Waals surface area contributed by atoms with Gasteiger partial charge in [-0.2, -0.15) is 0 Å². The highest BCUT2D eigenvalue weighted by Crippen LogP contribution is 2.11. The molecule has 10 heteroatoms. The molecule has 8 nitrogen and oxygen atoms in total. The normalized spacial score (nSPS) is 10.1. The van der Waals surface area contributed by atoms with Gasteiger partial charge in [-0.3, -0.25) is 40.9 Å². The van der Waals surface area contributed by atoms with Crippen molar-refractivity contribution >= 4 is 55.5 Å². The van der Waals surface area contributed by atoms with E-state index in [2.05, 4.69) is 53.6 Å². The summed E-state index contributed by atoms with van der Waals surface area (Å²) in [4.78, 5) is 48.9.